The third kappa shape index (κ3) is 6.78. The van der Waals surface area contributed by atoms with Crippen molar-refractivity contribution in [2.75, 3.05) is 0 Å². The minimum absolute atomic E-state index is 0.213. The molecule has 0 aliphatic carbocycles. The minimum atomic E-state index is -2.28. The molecule has 0 unspecified atom stereocenters. The van der Waals surface area contributed by atoms with Crippen molar-refractivity contribution < 1.29 is 75.2 Å². The molecule has 0 spiro atoms. The molecule has 7 nitrogen and oxygen atoms in total. The predicted molar refractivity (Wildman–Crippen MR) is 207 cm³/mol. The number of fused-ring (bicyclic) bond motifs is 8. The predicted octanol–water partition coefficient (Wildman–Crippen LogP) is 13.5. The molecule has 0 saturated heterocycles. The zero-order valence-corrected chi connectivity index (χ0v) is 32.1. The average molecular weight is 948 g/mol. The van der Waals surface area contributed by atoms with Gasteiger partial charge < -0.3 is 9.97 Å². The van der Waals surface area contributed by atoms with Crippen molar-refractivity contribution in [2.45, 2.75) is 0 Å². The van der Waals surface area contributed by atoms with Gasteiger partial charge in [0.15, 0.2) is 93.1 Å². The summed E-state index contributed by atoms with van der Waals surface area (Å²) in [6.45, 7) is 0. The maximum atomic E-state index is 15.9. The van der Waals surface area contributed by atoms with E-state index in [9.17, 15) is 45.2 Å². The largest absolute Gasteiger partial charge is 0.354 e. The van der Waals surface area contributed by atoms with E-state index in [-0.39, 0.29) is 24.3 Å². The van der Waals surface area contributed by atoms with Crippen LogP contribution in [0.2, 0.25) is 0 Å². The van der Waals surface area contributed by atoms with Crippen LogP contribution in [0.5, 0.6) is 0 Å². The van der Waals surface area contributed by atoms with Crippen LogP contribution in [0.15, 0.2) is 42.5 Å². The molecule has 0 radical (unpaired) electrons. The summed E-state index contributed by atoms with van der Waals surface area (Å²) in [6, 6.07) is 0.909. The Balaban J connectivity index is 1.63. The smallest absolute Gasteiger partial charge is 0.295 e. The first-order valence-corrected chi connectivity index (χ1v) is 18.4. The highest BCUT2D eigenvalue weighted by molar-refractivity contribution is 6.02. The van der Waals surface area contributed by atoms with Crippen LogP contribution in [-0.4, -0.2) is 24.9 Å². The van der Waals surface area contributed by atoms with Gasteiger partial charge in [-0.25, -0.2) is 80.2 Å². The number of nitro groups is 1. The van der Waals surface area contributed by atoms with E-state index in [1.54, 1.807) is 0 Å². The van der Waals surface area contributed by atoms with Crippen molar-refractivity contribution in [3.63, 3.8) is 0 Å². The maximum Gasteiger partial charge on any atom is 0.295 e. The fraction of sp³-hybridized carbons (Fsp3) is 0. The van der Waals surface area contributed by atoms with E-state index in [0.717, 1.165) is 12.1 Å². The highest BCUT2D eigenvalue weighted by atomic mass is 19.2. The van der Waals surface area contributed by atoms with Gasteiger partial charge in [-0.2, -0.15) is 0 Å². The third-order valence-corrected chi connectivity index (χ3v) is 10.5. The van der Waals surface area contributed by atoms with E-state index in [1.807, 2.05) is 0 Å². The summed E-state index contributed by atoms with van der Waals surface area (Å²) in [4.78, 5) is 24.1. The summed E-state index contributed by atoms with van der Waals surface area (Å²) in [5.74, 6) is -34.3. The van der Waals surface area contributed by atoms with Crippen LogP contribution in [0.3, 0.4) is 0 Å². The molecule has 67 heavy (non-hydrogen) atoms. The van der Waals surface area contributed by atoms with E-state index in [4.69, 9.17) is 0 Å². The second kappa shape index (κ2) is 15.7. The van der Waals surface area contributed by atoms with Crippen LogP contribution >= 0.6 is 0 Å². The summed E-state index contributed by atoms with van der Waals surface area (Å²) in [7, 11) is 0. The molecule has 4 aromatic carbocycles. The van der Waals surface area contributed by atoms with Gasteiger partial charge in [-0.1, -0.05) is 0 Å². The first kappa shape index (κ1) is 44.0. The van der Waals surface area contributed by atoms with E-state index >= 15 is 35.1 Å². The molecular weight excluding hydrogens is 934 g/mol. The van der Waals surface area contributed by atoms with Crippen LogP contribution in [0, 0.1) is 103 Å². The standard InChI is InChI=1S/C44H13F16N5O2/c45-12-7-13(46)37(54)32(36(12)53)28-20-1-2-21(61-20)29(33-38(55)14(47)8-15(48)39(33)56)23-5-6-25(63-23)31(35-42(59)18(51)10-19(52)43(35)60)44-27(65(66)67)11-26(64-44)30(24-4-3-22(28)62-24)34-40(57)16(49)9-17(50)41(34)58/h1-11,61,64H. The molecule has 2 N–H and O–H groups in total. The normalized spacial score (nSPS) is 12.2. The first-order valence-electron chi connectivity index (χ1n) is 18.4. The lowest BCUT2D eigenvalue weighted by Crippen LogP contribution is -2.02. The quantitative estimate of drug-likeness (QED) is 0.0777. The molecule has 0 saturated carbocycles. The number of nitrogens with one attached hydrogen (secondary N) is 2. The zero-order chi connectivity index (χ0) is 48.2. The van der Waals surface area contributed by atoms with Crippen molar-refractivity contribution in [1.29, 1.82) is 0 Å². The van der Waals surface area contributed by atoms with Crippen LogP contribution in [0.25, 0.3) is 90.9 Å². The Bertz CT molecular complexity index is 3550. The Kier molecular flexibility index (Phi) is 10.3. The number of benzene rings is 4. The van der Waals surface area contributed by atoms with Gasteiger partial charge in [-0.05, 0) is 36.4 Å². The number of nitrogens with zero attached hydrogens (tertiary/aromatic N) is 3. The average Bonchev–Trinajstić information content (AvgIpc) is 4.12. The summed E-state index contributed by atoms with van der Waals surface area (Å²) in [6.07, 6.45) is 2.71. The Hall–Kier alpha value is -8.24. The number of rotatable bonds is 5. The molecule has 0 fully saturated rings. The zero-order valence-electron chi connectivity index (χ0n) is 32.1. The highest BCUT2D eigenvalue weighted by Crippen LogP contribution is 2.45. The Labute approximate surface area is 359 Å². The van der Waals surface area contributed by atoms with Crippen molar-refractivity contribution in [3.8, 4) is 44.5 Å². The summed E-state index contributed by atoms with van der Waals surface area (Å²) >= 11 is 0. The molecule has 8 bridgehead atoms. The molecule has 2 aliphatic heterocycles. The molecule has 9 rings (SSSR count). The van der Waals surface area contributed by atoms with Crippen molar-refractivity contribution >= 4 is 52.1 Å². The fourth-order valence-electron chi connectivity index (χ4n) is 7.63. The number of H-pyrrole nitrogens is 2. The van der Waals surface area contributed by atoms with E-state index in [1.165, 1.54) is 0 Å². The van der Waals surface area contributed by atoms with E-state index in [2.05, 4.69) is 19.9 Å². The number of aromatic amines is 2. The molecule has 338 valence electrons. The van der Waals surface area contributed by atoms with Gasteiger partial charge in [0.1, 0.15) is 5.52 Å². The number of hydrogen-bond acceptors (Lipinski definition) is 4. The minimum Gasteiger partial charge on any atom is -0.354 e. The fourth-order valence-corrected chi connectivity index (χ4v) is 7.63. The highest BCUT2D eigenvalue weighted by Gasteiger charge is 2.33. The van der Waals surface area contributed by atoms with Gasteiger partial charge in [0.05, 0.1) is 55.5 Å². The van der Waals surface area contributed by atoms with Crippen LogP contribution in [-0.2, 0) is 0 Å². The molecule has 7 aromatic rings. The maximum absolute atomic E-state index is 15.9. The van der Waals surface area contributed by atoms with Crippen LogP contribution in [0.4, 0.5) is 75.9 Å². The summed E-state index contributed by atoms with van der Waals surface area (Å²) in [5, 5.41) is 12.8. The third-order valence-electron chi connectivity index (χ3n) is 10.5. The second-order valence-corrected chi connectivity index (χ2v) is 14.3. The Morgan fingerprint density at radius 2 is 0.627 bits per heavy atom. The lowest BCUT2D eigenvalue weighted by atomic mass is 10.0. The van der Waals surface area contributed by atoms with E-state index in [0.29, 0.717) is 30.4 Å². The molecule has 0 amide bonds. The van der Waals surface area contributed by atoms with Gasteiger partial charge in [0, 0.05) is 63.6 Å². The molecule has 2 aliphatic rings. The van der Waals surface area contributed by atoms with Gasteiger partial charge in [-0.3, -0.25) is 10.1 Å². The van der Waals surface area contributed by atoms with Crippen LogP contribution < -0.4 is 0 Å². The molecule has 3 aromatic heterocycles. The van der Waals surface area contributed by atoms with Gasteiger partial charge in [0.2, 0.25) is 0 Å². The van der Waals surface area contributed by atoms with Crippen LogP contribution in [0.1, 0.15) is 22.8 Å². The van der Waals surface area contributed by atoms with Crippen molar-refractivity contribution in [2.24, 2.45) is 0 Å². The topological polar surface area (TPSA) is 100 Å². The van der Waals surface area contributed by atoms with E-state index < -0.39 is 193 Å². The Morgan fingerprint density at radius 3 is 0.925 bits per heavy atom. The summed E-state index contributed by atoms with van der Waals surface area (Å²) < 4.78 is 246. The Morgan fingerprint density at radius 1 is 0.358 bits per heavy atom. The van der Waals surface area contributed by atoms with Gasteiger partial charge in [0.25, 0.3) is 5.69 Å². The van der Waals surface area contributed by atoms with Gasteiger partial charge >= 0.3 is 0 Å². The first-order chi connectivity index (χ1) is 31.7. The molecule has 0 atom stereocenters. The van der Waals surface area contributed by atoms with Crippen molar-refractivity contribution in [1.82, 2.24) is 19.9 Å². The lowest BCUT2D eigenvalue weighted by Gasteiger charge is -2.11. The molecule has 23 heteroatoms. The SMILES string of the molecule is O=[N+]([O-])c1cc2[nH]c1c(-c1c(F)c(F)cc(F)c1F)c1nc(c(-c3c(F)c(F)cc(F)c3F)c3ccc([nH]3)c(-c3c(F)c(F)cc(F)c3F)c3nc(c2-c2c(F)c(F)cc(F)c2F)C=C3)C=C1. The molecular formula is C44H13F16N5O2. The van der Waals surface area contributed by atoms with Crippen molar-refractivity contribution in [3.05, 3.63) is 168 Å². The number of aromatic nitrogens is 4. The number of hydrogen-bond donors (Lipinski definition) is 2. The van der Waals surface area contributed by atoms with Gasteiger partial charge in [-0.15, -0.1) is 0 Å². The second-order valence-electron chi connectivity index (χ2n) is 14.3. The monoisotopic (exact) mass is 947 g/mol. The summed E-state index contributed by atoms with van der Waals surface area (Å²) in [5.41, 5.74) is -20.7. The number of halogens is 16. The lowest BCUT2D eigenvalue weighted by molar-refractivity contribution is -0.382. The molecule has 5 heterocycles.